The SMILES string of the molecule is CCOc1cc(/C=C2/SC(=O)N([C@@H](C)C(=O)OC)C2=O)cc(Cl)c1OCc1cccc(F)c1. The van der Waals surface area contributed by atoms with Crippen molar-refractivity contribution < 1.29 is 33.0 Å². The smallest absolute Gasteiger partial charge is 0.328 e. The fraction of sp³-hybridized carbons (Fsp3) is 0.261. The molecule has 7 nitrogen and oxygen atoms in total. The van der Waals surface area contributed by atoms with Crippen LogP contribution in [0, 0.1) is 5.82 Å². The minimum atomic E-state index is -1.05. The molecule has 2 aromatic rings. The first-order valence-electron chi connectivity index (χ1n) is 9.93. The zero-order valence-electron chi connectivity index (χ0n) is 18.1. The van der Waals surface area contributed by atoms with E-state index in [9.17, 15) is 18.8 Å². The minimum absolute atomic E-state index is 0.0706. The first-order chi connectivity index (χ1) is 15.7. The zero-order chi connectivity index (χ0) is 24.1. The number of esters is 1. The summed E-state index contributed by atoms with van der Waals surface area (Å²) in [4.78, 5) is 37.8. The Morgan fingerprint density at radius 3 is 2.67 bits per heavy atom. The monoisotopic (exact) mass is 493 g/mol. The van der Waals surface area contributed by atoms with Crippen molar-refractivity contribution in [3.05, 3.63) is 63.3 Å². The highest BCUT2D eigenvalue weighted by molar-refractivity contribution is 8.18. The van der Waals surface area contributed by atoms with Gasteiger partial charge in [-0.05, 0) is 67.1 Å². The van der Waals surface area contributed by atoms with E-state index in [0.717, 1.165) is 4.90 Å². The molecule has 174 valence electrons. The van der Waals surface area contributed by atoms with Gasteiger partial charge in [0.15, 0.2) is 11.5 Å². The second kappa shape index (κ2) is 10.7. The number of imide groups is 1. The maximum Gasteiger partial charge on any atom is 0.328 e. The van der Waals surface area contributed by atoms with E-state index in [-0.39, 0.29) is 28.1 Å². The Morgan fingerprint density at radius 1 is 1.24 bits per heavy atom. The van der Waals surface area contributed by atoms with Gasteiger partial charge in [-0.1, -0.05) is 23.7 Å². The van der Waals surface area contributed by atoms with E-state index in [4.69, 9.17) is 21.1 Å². The molecule has 1 saturated heterocycles. The molecule has 1 aliphatic heterocycles. The van der Waals surface area contributed by atoms with E-state index in [0.29, 0.717) is 35.2 Å². The fourth-order valence-electron chi connectivity index (χ4n) is 3.10. The summed E-state index contributed by atoms with van der Waals surface area (Å²) in [6.07, 6.45) is 1.49. The van der Waals surface area contributed by atoms with Crippen LogP contribution in [0.3, 0.4) is 0 Å². The number of ether oxygens (including phenoxy) is 3. The van der Waals surface area contributed by atoms with Crippen molar-refractivity contribution in [2.45, 2.75) is 26.5 Å². The molecule has 0 unspecified atom stereocenters. The van der Waals surface area contributed by atoms with Crippen molar-refractivity contribution in [2.24, 2.45) is 0 Å². The topological polar surface area (TPSA) is 82.1 Å². The Hall–Kier alpha value is -3.04. The number of carbonyl (C=O) groups excluding carboxylic acids is 3. The van der Waals surface area contributed by atoms with Gasteiger partial charge in [0.1, 0.15) is 18.5 Å². The summed E-state index contributed by atoms with van der Waals surface area (Å²) in [5.41, 5.74) is 1.11. The molecule has 1 aliphatic rings. The quantitative estimate of drug-likeness (QED) is 0.375. The van der Waals surface area contributed by atoms with Gasteiger partial charge in [0.25, 0.3) is 11.1 Å². The van der Waals surface area contributed by atoms with Crippen molar-refractivity contribution in [1.29, 1.82) is 0 Å². The van der Waals surface area contributed by atoms with Gasteiger partial charge in [-0.3, -0.25) is 14.5 Å². The lowest BCUT2D eigenvalue weighted by molar-refractivity contribution is -0.148. The Morgan fingerprint density at radius 2 is 2.00 bits per heavy atom. The molecule has 1 heterocycles. The van der Waals surface area contributed by atoms with Crippen LogP contribution in [0.25, 0.3) is 6.08 Å². The van der Waals surface area contributed by atoms with Crippen LogP contribution in [-0.4, -0.2) is 41.8 Å². The number of benzene rings is 2. The van der Waals surface area contributed by atoms with Crippen LogP contribution in [0.15, 0.2) is 41.3 Å². The molecule has 1 fully saturated rings. The number of hydrogen-bond acceptors (Lipinski definition) is 7. The molecule has 2 aromatic carbocycles. The van der Waals surface area contributed by atoms with E-state index in [1.165, 1.54) is 32.2 Å². The molecule has 3 rings (SSSR count). The standard InChI is InChI=1S/C23H21ClFNO6S/c1-4-31-18-10-15(9-17(24)20(18)32-12-14-6-5-7-16(25)8-14)11-19-21(27)26(23(29)33-19)13(2)22(28)30-3/h5-11,13H,4,12H2,1-3H3/b19-11+/t13-/m0/s1. The summed E-state index contributed by atoms with van der Waals surface area (Å²) < 4.78 is 29.5. The van der Waals surface area contributed by atoms with Crippen LogP contribution in [-0.2, 0) is 20.9 Å². The Bertz CT molecular complexity index is 1120. The lowest BCUT2D eigenvalue weighted by Gasteiger charge is -2.18. The minimum Gasteiger partial charge on any atom is -0.490 e. The van der Waals surface area contributed by atoms with Crippen LogP contribution in [0.1, 0.15) is 25.0 Å². The zero-order valence-corrected chi connectivity index (χ0v) is 19.7. The molecule has 2 amide bonds. The molecule has 33 heavy (non-hydrogen) atoms. The van der Waals surface area contributed by atoms with Gasteiger partial charge in [-0.2, -0.15) is 0 Å². The molecule has 0 bridgehead atoms. The van der Waals surface area contributed by atoms with Crippen molar-refractivity contribution in [3.8, 4) is 11.5 Å². The first kappa shape index (κ1) is 24.6. The fourth-order valence-corrected chi connectivity index (χ4v) is 4.28. The maximum atomic E-state index is 13.4. The molecule has 1 atom stereocenters. The summed E-state index contributed by atoms with van der Waals surface area (Å²) in [7, 11) is 1.18. The number of nitrogens with zero attached hydrogens (tertiary/aromatic N) is 1. The number of halogens is 2. The Labute approximate surface area is 199 Å². The normalized spacial score (nSPS) is 15.7. The van der Waals surface area contributed by atoms with E-state index < -0.39 is 23.2 Å². The van der Waals surface area contributed by atoms with E-state index in [1.807, 2.05) is 0 Å². The van der Waals surface area contributed by atoms with Gasteiger partial charge >= 0.3 is 5.97 Å². The first-order valence-corrected chi connectivity index (χ1v) is 11.1. The third-order valence-electron chi connectivity index (χ3n) is 4.65. The Balaban J connectivity index is 1.87. The van der Waals surface area contributed by atoms with Crippen molar-refractivity contribution >= 4 is 46.6 Å². The van der Waals surface area contributed by atoms with Crippen LogP contribution in [0.5, 0.6) is 11.5 Å². The van der Waals surface area contributed by atoms with E-state index in [2.05, 4.69) is 4.74 Å². The lowest BCUT2D eigenvalue weighted by atomic mass is 10.1. The van der Waals surface area contributed by atoms with Crippen LogP contribution in [0.4, 0.5) is 9.18 Å². The summed E-state index contributed by atoms with van der Waals surface area (Å²) in [5, 5.41) is -0.360. The highest BCUT2D eigenvalue weighted by Gasteiger charge is 2.41. The summed E-state index contributed by atoms with van der Waals surface area (Å²) in [5.74, 6) is -1.08. The number of amides is 2. The third-order valence-corrected chi connectivity index (χ3v) is 5.82. The summed E-state index contributed by atoms with van der Waals surface area (Å²) >= 11 is 7.13. The molecule has 10 heteroatoms. The van der Waals surface area contributed by atoms with Gasteiger partial charge in [0.05, 0.1) is 23.6 Å². The highest BCUT2D eigenvalue weighted by atomic mass is 35.5. The molecule has 0 saturated carbocycles. The second-order valence-electron chi connectivity index (χ2n) is 6.93. The number of methoxy groups -OCH3 is 1. The van der Waals surface area contributed by atoms with Crippen molar-refractivity contribution in [3.63, 3.8) is 0 Å². The van der Waals surface area contributed by atoms with Crippen LogP contribution >= 0.6 is 23.4 Å². The largest absolute Gasteiger partial charge is 0.490 e. The molecule has 0 N–H and O–H groups in total. The molecule has 0 spiro atoms. The second-order valence-corrected chi connectivity index (χ2v) is 8.33. The van der Waals surface area contributed by atoms with Crippen LogP contribution < -0.4 is 9.47 Å². The number of thioether (sulfide) groups is 1. The number of hydrogen-bond donors (Lipinski definition) is 0. The van der Waals surface area contributed by atoms with Gasteiger partial charge < -0.3 is 14.2 Å². The number of rotatable bonds is 8. The molecule has 0 aliphatic carbocycles. The van der Waals surface area contributed by atoms with Gasteiger partial charge in [0.2, 0.25) is 0 Å². The summed E-state index contributed by atoms with van der Waals surface area (Å²) in [6, 6.07) is 8.12. The molecule has 0 radical (unpaired) electrons. The average Bonchev–Trinajstić information content (AvgIpc) is 3.05. The predicted molar refractivity (Wildman–Crippen MR) is 123 cm³/mol. The maximum absolute atomic E-state index is 13.4. The molecular weight excluding hydrogens is 473 g/mol. The Kier molecular flexibility index (Phi) is 7.99. The molecule has 0 aromatic heterocycles. The van der Waals surface area contributed by atoms with Crippen molar-refractivity contribution in [1.82, 2.24) is 4.90 Å². The highest BCUT2D eigenvalue weighted by Crippen LogP contribution is 2.40. The van der Waals surface area contributed by atoms with Gasteiger partial charge in [-0.25, -0.2) is 9.18 Å². The average molecular weight is 494 g/mol. The van der Waals surface area contributed by atoms with Gasteiger partial charge in [-0.15, -0.1) is 0 Å². The molecular formula is C23H21ClFNO6S. The number of carbonyl (C=O) groups is 3. The van der Waals surface area contributed by atoms with Crippen LogP contribution in [0.2, 0.25) is 5.02 Å². The van der Waals surface area contributed by atoms with E-state index in [1.54, 1.807) is 31.2 Å². The third kappa shape index (κ3) is 5.66. The predicted octanol–water partition coefficient (Wildman–Crippen LogP) is 5.05. The van der Waals surface area contributed by atoms with Crippen molar-refractivity contribution in [2.75, 3.05) is 13.7 Å². The lowest BCUT2D eigenvalue weighted by Crippen LogP contribution is -2.42. The summed E-state index contributed by atoms with van der Waals surface area (Å²) in [6.45, 7) is 3.60. The van der Waals surface area contributed by atoms with E-state index >= 15 is 0 Å². The van der Waals surface area contributed by atoms with Gasteiger partial charge in [0, 0.05) is 0 Å².